The lowest BCUT2D eigenvalue weighted by atomic mass is 10.1. The van der Waals surface area contributed by atoms with E-state index in [0.29, 0.717) is 5.56 Å². The molecule has 0 bridgehead atoms. The van der Waals surface area contributed by atoms with Gasteiger partial charge in [0.2, 0.25) is 0 Å². The molecular formula is C9H11NO7S. The molecule has 9 heteroatoms. The third-order valence-electron chi connectivity index (χ3n) is 1.99. The summed E-state index contributed by atoms with van der Waals surface area (Å²) in [7, 11) is -4.73. The molecule has 0 radical (unpaired) electrons. The number of aromatic hydroxyl groups is 1. The summed E-state index contributed by atoms with van der Waals surface area (Å²) in [6, 6.07) is 2.36. The Morgan fingerprint density at radius 2 is 2.06 bits per heavy atom. The molecule has 0 saturated heterocycles. The van der Waals surface area contributed by atoms with Gasteiger partial charge < -0.3 is 20.1 Å². The van der Waals surface area contributed by atoms with E-state index in [0.717, 1.165) is 12.1 Å². The first-order chi connectivity index (χ1) is 8.19. The van der Waals surface area contributed by atoms with Crippen molar-refractivity contribution in [2.75, 3.05) is 0 Å². The average Bonchev–Trinajstić information content (AvgIpc) is 2.20. The molecule has 1 unspecified atom stereocenters. The minimum Gasteiger partial charge on any atom is -0.504 e. The lowest BCUT2D eigenvalue weighted by Gasteiger charge is -2.09. The SMILES string of the molecule is NC(Cc1ccc(OS(=O)(=O)O)c(O)c1)C(=O)O. The highest BCUT2D eigenvalue weighted by Crippen LogP contribution is 2.28. The van der Waals surface area contributed by atoms with Gasteiger partial charge in [-0.15, -0.1) is 0 Å². The number of phenolic OH excluding ortho intramolecular Hbond substituents is 1. The van der Waals surface area contributed by atoms with Crippen molar-refractivity contribution >= 4 is 16.4 Å². The molecular weight excluding hydrogens is 266 g/mol. The second-order valence-electron chi connectivity index (χ2n) is 3.46. The third-order valence-corrected chi connectivity index (χ3v) is 2.38. The Kier molecular flexibility index (Phi) is 4.11. The van der Waals surface area contributed by atoms with Gasteiger partial charge in [0.05, 0.1) is 0 Å². The van der Waals surface area contributed by atoms with Crippen molar-refractivity contribution in [2.24, 2.45) is 5.73 Å². The minimum atomic E-state index is -4.73. The van der Waals surface area contributed by atoms with Gasteiger partial charge >= 0.3 is 16.4 Å². The minimum absolute atomic E-state index is 0.0466. The number of aliphatic carboxylic acids is 1. The van der Waals surface area contributed by atoms with Crippen LogP contribution in [0.2, 0.25) is 0 Å². The number of carboxylic acid groups (broad SMARTS) is 1. The van der Waals surface area contributed by atoms with Gasteiger partial charge in [0.1, 0.15) is 6.04 Å². The maximum atomic E-state index is 10.5. The summed E-state index contributed by atoms with van der Waals surface area (Å²) in [6.45, 7) is 0. The van der Waals surface area contributed by atoms with Gasteiger partial charge in [-0.1, -0.05) is 6.07 Å². The molecule has 0 aliphatic heterocycles. The summed E-state index contributed by atoms with van der Waals surface area (Å²) in [5.41, 5.74) is 5.67. The van der Waals surface area contributed by atoms with Crippen molar-refractivity contribution in [3.05, 3.63) is 23.8 Å². The van der Waals surface area contributed by atoms with Crippen LogP contribution in [0, 0.1) is 0 Å². The van der Waals surface area contributed by atoms with Crippen LogP contribution < -0.4 is 9.92 Å². The fraction of sp³-hybridized carbons (Fsp3) is 0.222. The van der Waals surface area contributed by atoms with E-state index in [1.54, 1.807) is 0 Å². The van der Waals surface area contributed by atoms with Crippen molar-refractivity contribution in [1.82, 2.24) is 0 Å². The zero-order valence-electron chi connectivity index (χ0n) is 8.98. The summed E-state index contributed by atoms with van der Waals surface area (Å²) in [6.07, 6.45) is -0.0466. The molecule has 1 atom stereocenters. The molecule has 1 aromatic carbocycles. The molecule has 8 nitrogen and oxygen atoms in total. The topological polar surface area (TPSA) is 147 Å². The van der Waals surface area contributed by atoms with E-state index in [2.05, 4.69) is 4.18 Å². The molecule has 1 aromatic rings. The Labute approximate surface area is 103 Å². The molecule has 100 valence electrons. The molecule has 0 aliphatic rings. The molecule has 18 heavy (non-hydrogen) atoms. The molecule has 0 aromatic heterocycles. The molecule has 0 spiro atoms. The van der Waals surface area contributed by atoms with E-state index in [1.807, 2.05) is 0 Å². The quantitative estimate of drug-likeness (QED) is 0.528. The van der Waals surface area contributed by atoms with Crippen LogP contribution in [-0.4, -0.2) is 35.2 Å². The molecule has 0 heterocycles. The van der Waals surface area contributed by atoms with Gasteiger partial charge in [-0.05, 0) is 24.1 Å². The lowest BCUT2D eigenvalue weighted by molar-refractivity contribution is -0.138. The van der Waals surface area contributed by atoms with E-state index in [4.69, 9.17) is 15.4 Å². The van der Waals surface area contributed by atoms with Gasteiger partial charge in [0.15, 0.2) is 11.5 Å². The second kappa shape index (κ2) is 5.21. The van der Waals surface area contributed by atoms with Crippen LogP contribution in [0.15, 0.2) is 18.2 Å². The highest BCUT2D eigenvalue weighted by atomic mass is 32.3. The Morgan fingerprint density at radius 3 is 2.50 bits per heavy atom. The van der Waals surface area contributed by atoms with Crippen LogP contribution in [0.1, 0.15) is 5.56 Å². The van der Waals surface area contributed by atoms with Gasteiger partial charge in [-0.2, -0.15) is 8.42 Å². The van der Waals surface area contributed by atoms with Gasteiger partial charge in [0, 0.05) is 0 Å². The zero-order chi connectivity index (χ0) is 13.9. The van der Waals surface area contributed by atoms with E-state index >= 15 is 0 Å². The Bertz CT molecular complexity index is 554. The summed E-state index contributed by atoms with van der Waals surface area (Å²) < 4.78 is 33.4. The number of carbonyl (C=O) groups is 1. The maximum Gasteiger partial charge on any atom is 0.446 e. The number of nitrogens with two attached hydrogens (primary N) is 1. The van der Waals surface area contributed by atoms with Crippen LogP contribution in [-0.2, 0) is 21.6 Å². The first-order valence-corrected chi connectivity index (χ1v) is 6.03. The Morgan fingerprint density at radius 1 is 1.44 bits per heavy atom. The largest absolute Gasteiger partial charge is 0.504 e. The first kappa shape index (κ1) is 14.2. The van der Waals surface area contributed by atoms with Gasteiger partial charge in [-0.25, -0.2) is 0 Å². The number of benzene rings is 1. The van der Waals surface area contributed by atoms with E-state index in [1.165, 1.54) is 6.07 Å². The van der Waals surface area contributed by atoms with Crippen molar-refractivity contribution < 1.29 is 32.2 Å². The highest BCUT2D eigenvalue weighted by Gasteiger charge is 2.15. The molecule has 1 rings (SSSR count). The van der Waals surface area contributed by atoms with Crippen LogP contribution in [0.25, 0.3) is 0 Å². The standard InChI is InChI=1S/C9H11NO7S/c10-6(9(12)13)3-5-1-2-8(7(11)4-5)17-18(14,15)16/h1-2,4,6,11H,3,10H2,(H,12,13)(H,14,15,16). The fourth-order valence-corrected chi connectivity index (χ4v) is 1.58. The summed E-state index contributed by atoms with van der Waals surface area (Å²) in [4.78, 5) is 10.5. The van der Waals surface area contributed by atoms with Crippen molar-refractivity contribution in [2.45, 2.75) is 12.5 Å². The monoisotopic (exact) mass is 277 g/mol. The van der Waals surface area contributed by atoms with E-state index in [-0.39, 0.29) is 6.42 Å². The maximum absolute atomic E-state index is 10.5. The highest BCUT2D eigenvalue weighted by molar-refractivity contribution is 7.81. The van der Waals surface area contributed by atoms with Gasteiger partial charge in [-0.3, -0.25) is 9.35 Å². The van der Waals surface area contributed by atoms with Gasteiger partial charge in [0.25, 0.3) is 0 Å². The summed E-state index contributed by atoms with van der Waals surface area (Å²) in [5.74, 6) is -2.22. The summed E-state index contributed by atoms with van der Waals surface area (Å²) >= 11 is 0. The average molecular weight is 277 g/mol. The van der Waals surface area contributed by atoms with Crippen LogP contribution in [0.4, 0.5) is 0 Å². The van der Waals surface area contributed by atoms with Crippen LogP contribution in [0.3, 0.4) is 0 Å². The number of carboxylic acids is 1. The molecule has 0 fully saturated rings. The molecule has 0 amide bonds. The number of hydrogen-bond acceptors (Lipinski definition) is 6. The second-order valence-corrected chi connectivity index (χ2v) is 4.48. The molecule has 5 N–H and O–H groups in total. The van der Waals surface area contributed by atoms with Crippen molar-refractivity contribution in [3.8, 4) is 11.5 Å². The normalized spacial score (nSPS) is 13.0. The first-order valence-electron chi connectivity index (χ1n) is 4.66. The number of hydrogen-bond donors (Lipinski definition) is 4. The number of phenols is 1. The smallest absolute Gasteiger partial charge is 0.446 e. The predicted octanol–water partition coefficient (Wildman–Crippen LogP) is -0.472. The Balaban J connectivity index is 2.89. The zero-order valence-corrected chi connectivity index (χ0v) is 9.79. The van der Waals surface area contributed by atoms with Crippen LogP contribution >= 0.6 is 0 Å². The molecule has 0 saturated carbocycles. The number of rotatable bonds is 5. The van der Waals surface area contributed by atoms with Crippen molar-refractivity contribution in [1.29, 1.82) is 0 Å². The summed E-state index contributed by atoms with van der Waals surface area (Å²) in [5, 5.41) is 18.0. The fourth-order valence-electron chi connectivity index (χ4n) is 1.22. The molecule has 0 aliphatic carbocycles. The third kappa shape index (κ3) is 4.20. The van der Waals surface area contributed by atoms with Crippen molar-refractivity contribution in [3.63, 3.8) is 0 Å². The lowest BCUT2D eigenvalue weighted by Crippen LogP contribution is -2.32. The predicted molar refractivity (Wildman–Crippen MR) is 59.6 cm³/mol. The van der Waals surface area contributed by atoms with E-state index < -0.39 is 33.9 Å². The Hall–Kier alpha value is -1.84. The van der Waals surface area contributed by atoms with E-state index in [9.17, 15) is 18.3 Å². The van der Waals surface area contributed by atoms with Crippen LogP contribution in [0.5, 0.6) is 11.5 Å².